The Hall–Kier alpha value is -1.78. The number of carbonyl (C=O) groups excluding carboxylic acids is 1. The molecule has 1 aliphatic rings. The topological polar surface area (TPSA) is 44.8 Å². The van der Waals surface area contributed by atoms with E-state index in [-0.39, 0.29) is 6.10 Å². The summed E-state index contributed by atoms with van der Waals surface area (Å²) in [7, 11) is 2.80. The molecule has 0 saturated heterocycles. The molecule has 4 nitrogen and oxygen atoms in total. The van der Waals surface area contributed by atoms with Crippen molar-refractivity contribution < 1.29 is 23.4 Å². The lowest BCUT2D eigenvalue weighted by Gasteiger charge is -2.30. The van der Waals surface area contributed by atoms with Crippen LogP contribution in [-0.2, 0) is 4.74 Å². The smallest absolute Gasteiger partial charge is 0.337 e. The molecule has 2 rings (SSSR count). The van der Waals surface area contributed by atoms with Gasteiger partial charge in [-0.15, -0.1) is 0 Å². The van der Waals surface area contributed by atoms with E-state index in [2.05, 4.69) is 4.74 Å². The molecule has 0 radical (unpaired) electrons. The number of methoxy groups -OCH3 is 2. The van der Waals surface area contributed by atoms with Gasteiger partial charge in [-0.05, 0) is 18.2 Å². The number of halogens is 1. The van der Waals surface area contributed by atoms with Gasteiger partial charge in [0.1, 0.15) is 12.3 Å². The SMILES string of the molecule is CC.CC.COC(=O)c1ccc(OC2CC(F)C2)c(OC)c1. The maximum absolute atomic E-state index is 12.7. The summed E-state index contributed by atoms with van der Waals surface area (Å²) in [5, 5.41) is 0. The highest BCUT2D eigenvalue weighted by atomic mass is 19.1. The maximum Gasteiger partial charge on any atom is 0.337 e. The van der Waals surface area contributed by atoms with Crippen LogP contribution in [0.25, 0.3) is 0 Å². The zero-order valence-electron chi connectivity index (χ0n) is 14.3. The molecule has 0 aromatic heterocycles. The predicted molar refractivity (Wildman–Crippen MR) is 85.6 cm³/mol. The first-order chi connectivity index (χ1) is 10.6. The maximum atomic E-state index is 12.7. The highest BCUT2D eigenvalue weighted by Crippen LogP contribution is 2.34. The number of hydrogen-bond donors (Lipinski definition) is 0. The van der Waals surface area contributed by atoms with Crippen molar-refractivity contribution in [2.75, 3.05) is 14.2 Å². The van der Waals surface area contributed by atoms with Crippen LogP contribution >= 0.6 is 0 Å². The van der Waals surface area contributed by atoms with Crippen LogP contribution in [0.2, 0.25) is 0 Å². The monoisotopic (exact) mass is 314 g/mol. The molecule has 22 heavy (non-hydrogen) atoms. The minimum Gasteiger partial charge on any atom is -0.493 e. The summed E-state index contributed by atoms with van der Waals surface area (Å²) in [4.78, 5) is 11.4. The number of ether oxygens (including phenoxy) is 3. The Bertz CT molecular complexity index is 442. The van der Waals surface area contributed by atoms with Crippen molar-refractivity contribution in [1.29, 1.82) is 0 Å². The van der Waals surface area contributed by atoms with E-state index in [4.69, 9.17) is 9.47 Å². The minimum atomic E-state index is -0.768. The average molecular weight is 314 g/mol. The summed E-state index contributed by atoms with van der Waals surface area (Å²) in [6, 6.07) is 4.78. The summed E-state index contributed by atoms with van der Waals surface area (Å²) in [6.07, 6.45) is -0.0719. The molecule has 0 amide bonds. The molecule has 126 valence electrons. The second kappa shape index (κ2) is 10.9. The van der Waals surface area contributed by atoms with Crippen LogP contribution in [0, 0.1) is 0 Å². The van der Waals surface area contributed by atoms with Crippen LogP contribution in [0.15, 0.2) is 18.2 Å². The summed E-state index contributed by atoms with van der Waals surface area (Å²) in [5.74, 6) is 0.523. The summed E-state index contributed by atoms with van der Waals surface area (Å²) in [6.45, 7) is 8.00. The number of alkyl halides is 1. The molecule has 0 spiro atoms. The molecule has 1 aromatic rings. The molecular formula is C17H27FO4. The van der Waals surface area contributed by atoms with Gasteiger partial charge in [0.2, 0.25) is 0 Å². The average Bonchev–Trinajstić information content (AvgIpc) is 2.56. The van der Waals surface area contributed by atoms with Gasteiger partial charge in [0.25, 0.3) is 0 Å². The van der Waals surface area contributed by atoms with Crippen LogP contribution < -0.4 is 9.47 Å². The van der Waals surface area contributed by atoms with E-state index in [0.29, 0.717) is 29.9 Å². The van der Waals surface area contributed by atoms with Crippen LogP contribution in [0.4, 0.5) is 4.39 Å². The number of hydrogen-bond acceptors (Lipinski definition) is 4. The van der Waals surface area contributed by atoms with E-state index in [0.717, 1.165) is 0 Å². The second-order valence-electron chi connectivity index (χ2n) is 4.17. The van der Waals surface area contributed by atoms with Crippen LogP contribution in [-0.4, -0.2) is 32.5 Å². The molecule has 0 atom stereocenters. The normalized spacial score (nSPS) is 18.5. The Morgan fingerprint density at radius 2 is 1.68 bits per heavy atom. The van der Waals surface area contributed by atoms with Crippen molar-refractivity contribution in [2.24, 2.45) is 0 Å². The Labute approximate surface area is 132 Å². The van der Waals surface area contributed by atoms with Gasteiger partial charge >= 0.3 is 5.97 Å². The molecule has 1 fully saturated rings. The third kappa shape index (κ3) is 5.54. The van der Waals surface area contributed by atoms with Gasteiger partial charge in [-0.2, -0.15) is 0 Å². The molecule has 0 unspecified atom stereocenters. The lowest BCUT2D eigenvalue weighted by atomic mass is 9.93. The van der Waals surface area contributed by atoms with Gasteiger partial charge < -0.3 is 14.2 Å². The fraction of sp³-hybridized carbons (Fsp3) is 0.588. The van der Waals surface area contributed by atoms with E-state index in [9.17, 15) is 9.18 Å². The highest BCUT2D eigenvalue weighted by molar-refractivity contribution is 5.90. The van der Waals surface area contributed by atoms with E-state index in [1.165, 1.54) is 14.2 Å². The Morgan fingerprint density at radius 3 is 2.14 bits per heavy atom. The Morgan fingerprint density at radius 1 is 1.09 bits per heavy atom. The van der Waals surface area contributed by atoms with E-state index in [1.807, 2.05) is 27.7 Å². The molecule has 0 N–H and O–H groups in total. The molecular weight excluding hydrogens is 287 g/mol. The van der Waals surface area contributed by atoms with Gasteiger partial charge in [-0.3, -0.25) is 0 Å². The van der Waals surface area contributed by atoms with Crippen LogP contribution in [0.1, 0.15) is 50.9 Å². The molecule has 1 saturated carbocycles. The third-order valence-corrected chi connectivity index (χ3v) is 2.92. The molecule has 0 aliphatic heterocycles. The first-order valence-corrected chi connectivity index (χ1v) is 7.71. The Kier molecular flexibility index (Phi) is 10.00. The quantitative estimate of drug-likeness (QED) is 0.772. The number of benzene rings is 1. The molecule has 5 heteroatoms. The van der Waals surface area contributed by atoms with Crippen molar-refractivity contribution in [3.05, 3.63) is 23.8 Å². The van der Waals surface area contributed by atoms with Crippen LogP contribution in [0.5, 0.6) is 11.5 Å². The first kappa shape index (κ1) is 20.2. The summed E-state index contributed by atoms with van der Waals surface area (Å²) >= 11 is 0. The summed E-state index contributed by atoms with van der Waals surface area (Å²) < 4.78 is 28.1. The van der Waals surface area contributed by atoms with Crippen molar-refractivity contribution in [3.63, 3.8) is 0 Å². The van der Waals surface area contributed by atoms with Gasteiger partial charge in [0, 0.05) is 12.8 Å². The van der Waals surface area contributed by atoms with Crippen molar-refractivity contribution in [1.82, 2.24) is 0 Å². The largest absolute Gasteiger partial charge is 0.493 e. The standard InChI is InChI=1S/C13H15FO4.2C2H6/c1-16-12-5-8(13(15)17-2)3-4-11(12)18-10-6-9(14)7-10;2*1-2/h3-5,9-10H,6-7H2,1-2H3;2*1-2H3. The number of esters is 1. The summed E-state index contributed by atoms with van der Waals surface area (Å²) in [5.41, 5.74) is 0.388. The van der Waals surface area contributed by atoms with E-state index in [1.54, 1.807) is 18.2 Å². The zero-order valence-corrected chi connectivity index (χ0v) is 14.3. The van der Waals surface area contributed by atoms with Crippen molar-refractivity contribution >= 4 is 5.97 Å². The van der Waals surface area contributed by atoms with Gasteiger partial charge in [-0.1, -0.05) is 27.7 Å². The lowest BCUT2D eigenvalue weighted by molar-refractivity contribution is 0.0391. The van der Waals surface area contributed by atoms with E-state index >= 15 is 0 Å². The molecule has 0 bridgehead atoms. The fourth-order valence-corrected chi connectivity index (χ4v) is 1.79. The van der Waals surface area contributed by atoms with Gasteiger partial charge in [0.05, 0.1) is 19.8 Å². The lowest BCUT2D eigenvalue weighted by Crippen LogP contribution is -2.35. The van der Waals surface area contributed by atoms with E-state index < -0.39 is 12.1 Å². The molecule has 1 aromatic carbocycles. The fourth-order valence-electron chi connectivity index (χ4n) is 1.79. The predicted octanol–water partition coefficient (Wildman–Crippen LogP) is 4.41. The zero-order chi connectivity index (χ0) is 17.1. The van der Waals surface area contributed by atoms with Gasteiger partial charge in [-0.25, -0.2) is 9.18 Å². The van der Waals surface area contributed by atoms with Crippen molar-refractivity contribution in [3.8, 4) is 11.5 Å². The first-order valence-electron chi connectivity index (χ1n) is 7.71. The van der Waals surface area contributed by atoms with Gasteiger partial charge in [0.15, 0.2) is 11.5 Å². The number of carbonyl (C=O) groups is 1. The van der Waals surface area contributed by atoms with Crippen LogP contribution in [0.3, 0.4) is 0 Å². The van der Waals surface area contributed by atoms with Crippen molar-refractivity contribution in [2.45, 2.75) is 52.8 Å². The number of rotatable bonds is 4. The Balaban J connectivity index is 0.00000102. The molecule has 0 heterocycles. The minimum absolute atomic E-state index is 0.113. The second-order valence-corrected chi connectivity index (χ2v) is 4.17. The third-order valence-electron chi connectivity index (χ3n) is 2.92. The highest BCUT2D eigenvalue weighted by Gasteiger charge is 2.31. The molecule has 1 aliphatic carbocycles.